The van der Waals surface area contributed by atoms with Crippen LogP contribution in [0.3, 0.4) is 0 Å². The second-order valence-corrected chi connectivity index (χ2v) is 6.01. The predicted octanol–water partition coefficient (Wildman–Crippen LogP) is 5.91. The molecule has 1 unspecified atom stereocenters. The lowest BCUT2D eigenvalue weighted by atomic mass is 10.1. The Hall–Kier alpha value is -1.39. The van der Waals surface area contributed by atoms with Gasteiger partial charge in [0.15, 0.2) is 0 Å². The van der Waals surface area contributed by atoms with Crippen molar-refractivity contribution >= 4 is 5.97 Å². The molecule has 0 radical (unpaired) electrons. The largest absolute Gasteiger partial charge is 0.481 e. The fourth-order valence-electron chi connectivity index (χ4n) is 2.27. The minimum atomic E-state index is -0.714. The van der Waals surface area contributed by atoms with Gasteiger partial charge < -0.3 is 5.11 Å². The molecule has 1 atom stereocenters. The molecule has 0 aromatic carbocycles. The summed E-state index contributed by atoms with van der Waals surface area (Å²) in [5.74, 6) is -0.714. The Morgan fingerprint density at radius 3 is 2.38 bits per heavy atom. The predicted molar refractivity (Wildman–Crippen MR) is 99.0 cm³/mol. The topological polar surface area (TPSA) is 66.8 Å². The van der Waals surface area contributed by atoms with E-state index < -0.39 is 5.97 Å². The van der Waals surface area contributed by atoms with Crippen molar-refractivity contribution in [2.45, 2.75) is 83.7 Å². The maximum atomic E-state index is 10.4. The van der Waals surface area contributed by atoms with E-state index in [0.717, 1.165) is 38.5 Å². The summed E-state index contributed by atoms with van der Waals surface area (Å²) in [5.41, 5.74) is 0. The van der Waals surface area contributed by atoms with E-state index >= 15 is 0 Å². The molecule has 0 aromatic rings. The van der Waals surface area contributed by atoms with Crippen molar-refractivity contribution in [2.75, 3.05) is 0 Å². The molecule has 0 aliphatic heterocycles. The highest BCUT2D eigenvalue weighted by molar-refractivity contribution is 5.66. The molecule has 24 heavy (non-hydrogen) atoms. The van der Waals surface area contributed by atoms with Crippen molar-refractivity contribution in [2.24, 2.45) is 0 Å². The SMILES string of the molecule is CCCCCC=CC=CC(CC=CCCCCCCC(=O)O)OO. The van der Waals surface area contributed by atoms with Crippen molar-refractivity contribution in [3.05, 3.63) is 36.5 Å². The molecule has 0 saturated heterocycles. The van der Waals surface area contributed by atoms with Crippen LogP contribution < -0.4 is 0 Å². The molecule has 0 fully saturated rings. The summed E-state index contributed by atoms with van der Waals surface area (Å²) in [6.45, 7) is 2.19. The summed E-state index contributed by atoms with van der Waals surface area (Å²) in [5, 5.41) is 17.4. The number of carbonyl (C=O) groups is 1. The fourth-order valence-corrected chi connectivity index (χ4v) is 2.27. The van der Waals surface area contributed by atoms with Crippen LogP contribution in [0.1, 0.15) is 77.6 Å². The quantitative estimate of drug-likeness (QED) is 0.121. The fraction of sp³-hybridized carbons (Fsp3) is 0.650. The molecule has 0 aliphatic carbocycles. The number of hydrogen-bond acceptors (Lipinski definition) is 3. The number of aliphatic carboxylic acids is 1. The highest BCUT2D eigenvalue weighted by Gasteiger charge is 2.00. The minimum absolute atomic E-state index is 0.269. The van der Waals surface area contributed by atoms with Crippen LogP contribution in [-0.2, 0) is 9.68 Å². The van der Waals surface area contributed by atoms with Crippen molar-refractivity contribution in [3.63, 3.8) is 0 Å². The van der Waals surface area contributed by atoms with Crippen molar-refractivity contribution in [1.29, 1.82) is 0 Å². The summed E-state index contributed by atoms with van der Waals surface area (Å²) in [7, 11) is 0. The average molecular weight is 338 g/mol. The summed E-state index contributed by atoms with van der Waals surface area (Å²) in [4.78, 5) is 14.8. The Balaban J connectivity index is 3.67. The summed E-state index contributed by atoms with van der Waals surface area (Å²) < 4.78 is 0. The lowest BCUT2D eigenvalue weighted by Gasteiger charge is -2.04. The van der Waals surface area contributed by atoms with Crippen molar-refractivity contribution < 1.29 is 20.0 Å². The van der Waals surface area contributed by atoms with Gasteiger partial charge in [-0.2, -0.15) is 0 Å². The van der Waals surface area contributed by atoms with Gasteiger partial charge in [-0.05, 0) is 38.5 Å². The van der Waals surface area contributed by atoms with Gasteiger partial charge in [-0.25, -0.2) is 4.89 Å². The van der Waals surface area contributed by atoms with Gasteiger partial charge in [0.05, 0.1) is 0 Å². The van der Waals surface area contributed by atoms with Gasteiger partial charge in [-0.15, -0.1) is 0 Å². The standard InChI is InChI=1S/C20H34O4/c1-2-3-4-5-7-10-13-16-19(24-23)17-14-11-8-6-9-12-15-18-20(21)22/h7,10-11,13-14,16,19,23H,2-6,8-9,12,15,17-18H2,1H3,(H,21,22). The average Bonchev–Trinajstić information content (AvgIpc) is 2.57. The van der Waals surface area contributed by atoms with E-state index in [4.69, 9.17) is 10.4 Å². The van der Waals surface area contributed by atoms with Crippen molar-refractivity contribution in [1.82, 2.24) is 0 Å². The second-order valence-electron chi connectivity index (χ2n) is 6.01. The highest BCUT2D eigenvalue weighted by atomic mass is 17.1. The number of carboxylic acid groups (broad SMARTS) is 1. The van der Waals surface area contributed by atoms with Crippen molar-refractivity contribution in [3.8, 4) is 0 Å². The van der Waals surface area contributed by atoms with E-state index in [-0.39, 0.29) is 12.5 Å². The van der Waals surface area contributed by atoms with Crippen LogP contribution >= 0.6 is 0 Å². The van der Waals surface area contributed by atoms with E-state index in [1.165, 1.54) is 19.3 Å². The Morgan fingerprint density at radius 2 is 1.67 bits per heavy atom. The molecule has 0 bridgehead atoms. The third-order valence-electron chi connectivity index (χ3n) is 3.73. The van der Waals surface area contributed by atoms with Gasteiger partial charge in [0, 0.05) is 6.42 Å². The molecule has 0 spiro atoms. The van der Waals surface area contributed by atoms with Gasteiger partial charge in [0.2, 0.25) is 0 Å². The van der Waals surface area contributed by atoms with Crippen LogP contribution in [0.2, 0.25) is 0 Å². The number of carboxylic acids is 1. The number of unbranched alkanes of at least 4 members (excludes halogenated alkanes) is 7. The zero-order valence-electron chi connectivity index (χ0n) is 15.0. The first-order valence-electron chi connectivity index (χ1n) is 9.21. The molecular weight excluding hydrogens is 304 g/mol. The first kappa shape index (κ1) is 22.6. The van der Waals surface area contributed by atoms with Gasteiger partial charge >= 0.3 is 5.97 Å². The number of allylic oxidation sites excluding steroid dienone is 4. The maximum absolute atomic E-state index is 10.4. The van der Waals surface area contributed by atoms with E-state index in [1.54, 1.807) is 0 Å². The van der Waals surface area contributed by atoms with Crippen LogP contribution in [0.15, 0.2) is 36.5 Å². The van der Waals surface area contributed by atoms with Gasteiger partial charge in [-0.3, -0.25) is 10.1 Å². The second kappa shape index (κ2) is 18.0. The first-order valence-corrected chi connectivity index (χ1v) is 9.21. The van der Waals surface area contributed by atoms with E-state index in [1.807, 2.05) is 24.3 Å². The van der Waals surface area contributed by atoms with Gasteiger partial charge in [0.25, 0.3) is 0 Å². The Morgan fingerprint density at radius 1 is 0.958 bits per heavy atom. The van der Waals surface area contributed by atoms with Crippen LogP contribution in [-0.4, -0.2) is 22.4 Å². The lowest BCUT2D eigenvalue weighted by molar-refractivity contribution is -0.264. The normalized spacial score (nSPS) is 13.4. The molecule has 138 valence electrons. The van der Waals surface area contributed by atoms with Crippen LogP contribution in [0.25, 0.3) is 0 Å². The lowest BCUT2D eigenvalue weighted by Crippen LogP contribution is -2.04. The van der Waals surface area contributed by atoms with Crippen LogP contribution in [0.5, 0.6) is 0 Å². The number of rotatable bonds is 16. The zero-order chi connectivity index (χ0) is 17.9. The molecule has 0 aliphatic rings. The van der Waals surface area contributed by atoms with Crippen LogP contribution in [0, 0.1) is 0 Å². The summed E-state index contributed by atoms with van der Waals surface area (Å²) in [6, 6.07) is 0. The van der Waals surface area contributed by atoms with E-state index in [0.29, 0.717) is 6.42 Å². The summed E-state index contributed by atoms with van der Waals surface area (Å²) >= 11 is 0. The minimum Gasteiger partial charge on any atom is -0.481 e. The van der Waals surface area contributed by atoms with E-state index in [9.17, 15) is 4.79 Å². The molecule has 0 amide bonds. The molecule has 2 N–H and O–H groups in total. The maximum Gasteiger partial charge on any atom is 0.303 e. The third kappa shape index (κ3) is 17.0. The molecule has 4 nitrogen and oxygen atoms in total. The first-order chi connectivity index (χ1) is 11.7. The molecule has 0 rings (SSSR count). The molecular formula is C20H34O4. The zero-order valence-corrected chi connectivity index (χ0v) is 15.0. The monoisotopic (exact) mass is 338 g/mol. The Bertz CT molecular complexity index is 372. The molecule has 4 heteroatoms. The van der Waals surface area contributed by atoms with Gasteiger partial charge in [0.1, 0.15) is 6.10 Å². The molecule has 0 saturated carbocycles. The van der Waals surface area contributed by atoms with Gasteiger partial charge in [-0.1, -0.05) is 69.1 Å². The highest BCUT2D eigenvalue weighted by Crippen LogP contribution is 2.07. The van der Waals surface area contributed by atoms with Crippen LogP contribution in [0.4, 0.5) is 0 Å². The Labute approximate surface area is 146 Å². The van der Waals surface area contributed by atoms with E-state index in [2.05, 4.69) is 24.0 Å². The number of hydrogen-bond donors (Lipinski definition) is 2. The molecule has 0 heterocycles. The summed E-state index contributed by atoms with van der Waals surface area (Å²) in [6.07, 6.45) is 22.3. The molecule has 0 aromatic heterocycles. The Kier molecular flexibility index (Phi) is 16.9. The third-order valence-corrected chi connectivity index (χ3v) is 3.73. The smallest absolute Gasteiger partial charge is 0.303 e.